The van der Waals surface area contributed by atoms with Crippen LogP contribution in [0.25, 0.3) is 11.3 Å². The van der Waals surface area contributed by atoms with Crippen LogP contribution in [0, 0.1) is 17.5 Å². The third-order valence-electron chi connectivity index (χ3n) is 3.14. The molecule has 25 heavy (non-hydrogen) atoms. The van der Waals surface area contributed by atoms with E-state index in [0.717, 1.165) is 28.4 Å². The molecule has 1 heterocycles. The Hall–Kier alpha value is -2.32. The highest BCUT2D eigenvalue weighted by molar-refractivity contribution is 8.00. The average Bonchev–Trinajstić information content (AvgIpc) is 3.02. The molecule has 8 heteroatoms. The Balaban J connectivity index is 1.60. The van der Waals surface area contributed by atoms with Crippen molar-refractivity contribution in [2.75, 3.05) is 11.1 Å². The molecule has 0 spiro atoms. The van der Waals surface area contributed by atoms with Crippen LogP contribution in [0.3, 0.4) is 0 Å². The first-order chi connectivity index (χ1) is 12.0. The van der Waals surface area contributed by atoms with Crippen LogP contribution in [0.1, 0.15) is 0 Å². The maximum atomic E-state index is 13.8. The number of hydrogen-bond acceptors (Lipinski definition) is 4. The first kappa shape index (κ1) is 17.5. The molecule has 1 N–H and O–H groups in total. The third kappa shape index (κ3) is 4.61. The number of hydrogen-bond donors (Lipinski definition) is 1. The number of rotatable bonds is 5. The molecular formula is C17H11F3N2OS2. The number of anilines is 1. The van der Waals surface area contributed by atoms with Gasteiger partial charge in [0.25, 0.3) is 0 Å². The van der Waals surface area contributed by atoms with E-state index in [1.165, 1.54) is 30.0 Å². The zero-order valence-electron chi connectivity index (χ0n) is 12.6. The molecule has 0 unspecified atom stereocenters. The van der Waals surface area contributed by atoms with Crippen LogP contribution in [0.2, 0.25) is 0 Å². The van der Waals surface area contributed by atoms with Gasteiger partial charge in [-0.3, -0.25) is 4.79 Å². The smallest absolute Gasteiger partial charge is 0.236 e. The van der Waals surface area contributed by atoms with Crippen molar-refractivity contribution in [3.8, 4) is 11.3 Å². The summed E-state index contributed by atoms with van der Waals surface area (Å²) in [7, 11) is 0. The van der Waals surface area contributed by atoms with Gasteiger partial charge >= 0.3 is 0 Å². The first-order valence-electron chi connectivity index (χ1n) is 7.10. The van der Waals surface area contributed by atoms with Gasteiger partial charge in [-0.2, -0.15) is 0 Å². The molecule has 0 saturated carbocycles. The summed E-state index contributed by atoms with van der Waals surface area (Å²) in [6.07, 6.45) is 0. The Kier molecular flexibility index (Phi) is 5.40. The third-order valence-corrected chi connectivity index (χ3v) is 4.91. The lowest BCUT2D eigenvalue weighted by Crippen LogP contribution is -2.13. The van der Waals surface area contributed by atoms with E-state index in [1.807, 2.05) is 0 Å². The van der Waals surface area contributed by atoms with E-state index < -0.39 is 11.6 Å². The van der Waals surface area contributed by atoms with Crippen LogP contribution in [0.15, 0.2) is 52.7 Å². The van der Waals surface area contributed by atoms with E-state index in [4.69, 9.17) is 0 Å². The monoisotopic (exact) mass is 380 g/mol. The Morgan fingerprint density at radius 3 is 2.52 bits per heavy atom. The molecule has 0 atom stereocenters. The molecule has 0 bridgehead atoms. The molecular weight excluding hydrogens is 369 g/mol. The average molecular weight is 380 g/mol. The number of carbonyl (C=O) groups excluding carboxylic acids is 1. The molecule has 0 aliphatic rings. The van der Waals surface area contributed by atoms with E-state index in [2.05, 4.69) is 10.3 Å². The van der Waals surface area contributed by atoms with Crippen molar-refractivity contribution in [2.24, 2.45) is 0 Å². The first-order valence-corrected chi connectivity index (χ1v) is 8.97. The number of thiazole rings is 1. The molecule has 3 nitrogen and oxygen atoms in total. The number of carbonyl (C=O) groups is 1. The summed E-state index contributed by atoms with van der Waals surface area (Å²) in [5.74, 6) is -1.87. The van der Waals surface area contributed by atoms with Crippen molar-refractivity contribution in [3.05, 3.63) is 65.3 Å². The highest BCUT2D eigenvalue weighted by Gasteiger charge is 2.12. The lowest BCUT2D eigenvalue weighted by atomic mass is 10.1. The van der Waals surface area contributed by atoms with Gasteiger partial charge in [0.2, 0.25) is 5.91 Å². The standard InChI is InChI=1S/C17H11F3N2OS2/c18-10-1-4-12(5-2-10)24-9-16(23)22-17-21-15(8-25-17)13-6-3-11(19)7-14(13)20/h1-8H,9H2,(H,21,22,23). The summed E-state index contributed by atoms with van der Waals surface area (Å²) in [5, 5.41) is 4.53. The van der Waals surface area contributed by atoms with Gasteiger partial charge in [0.1, 0.15) is 17.5 Å². The predicted molar refractivity (Wildman–Crippen MR) is 93.2 cm³/mol. The molecule has 128 valence electrons. The summed E-state index contributed by atoms with van der Waals surface area (Å²) in [6, 6.07) is 9.06. The van der Waals surface area contributed by atoms with Crippen LogP contribution in [0.5, 0.6) is 0 Å². The predicted octanol–water partition coefficient (Wildman–Crippen LogP) is 4.96. The fraction of sp³-hybridized carbons (Fsp3) is 0.0588. The molecule has 0 aliphatic heterocycles. The fourth-order valence-electron chi connectivity index (χ4n) is 1.99. The van der Waals surface area contributed by atoms with Crippen molar-refractivity contribution < 1.29 is 18.0 Å². The molecule has 1 amide bonds. The van der Waals surface area contributed by atoms with E-state index in [-0.39, 0.29) is 23.0 Å². The van der Waals surface area contributed by atoms with Crippen molar-refractivity contribution in [2.45, 2.75) is 4.90 Å². The second kappa shape index (κ2) is 7.71. The van der Waals surface area contributed by atoms with Gasteiger partial charge < -0.3 is 5.32 Å². The van der Waals surface area contributed by atoms with Crippen LogP contribution in [0.4, 0.5) is 18.3 Å². The normalized spacial score (nSPS) is 10.7. The van der Waals surface area contributed by atoms with E-state index in [0.29, 0.717) is 10.8 Å². The molecule has 0 saturated heterocycles. The SMILES string of the molecule is O=C(CSc1ccc(F)cc1)Nc1nc(-c2ccc(F)cc2F)cs1. The molecule has 1 aromatic heterocycles. The summed E-state index contributed by atoms with van der Waals surface area (Å²) < 4.78 is 39.5. The van der Waals surface area contributed by atoms with Crippen LogP contribution in [-0.2, 0) is 4.79 Å². The maximum Gasteiger partial charge on any atom is 0.236 e. The minimum atomic E-state index is -0.713. The Labute approximate surface area is 149 Å². The van der Waals surface area contributed by atoms with Crippen molar-refractivity contribution >= 4 is 34.1 Å². The zero-order chi connectivity index (χ0) is 17.8. The molecule has 3 rings (SSSR count). The van der Waals surface area contributed by atoms with Crippen LogP contribution in [-0.4, -0.2) is 16.6 Å². The zero-order valence-corrected chi connectivity index (χ0v) is 14.3. The molecule has 0 radical (unpaired) electrons. The lowest BCUT2D eigenvalue weighted by molar-refractivity contribution is -0.113. The lowest BCUT2D eigenvalue weighted by Gasteiger charge is -2.02. The Morgan fingerprint density at radius 1 is 1.08 bits per heavy atom. The van der Waals surface area contributed by atoms with Crippen LogP contribution >= 0.6 is 23.1 Å². The number of nitrogens with zero attached hydrogens (tertiary/aromatic N) is 1. The van der Waals surface area contributed by atoms with Gasteiger partial charge in [0.15, 0.2) is 5.13 Å². The van der Waals surface area contributed by atoms with Gasteiger partial charge in [-0.05, 0) is 36.4 Å². The highest BCUT2D eigenvalue weighted by Crippen LogP contribution is 2.27. The largest absolute Gasteiger partial charge is 0.301 e. The van der Waals surface area contributed by atoms with Gasteiger partial charge in [-0.15, -0.1) is 23.1 Å². The van der Waals surface area contributed by atoms with Gasteiger partial charge in [-0.1, -0.05) is 0 Å². The second-order valence-corrected chi connectivity index (χ2v) is 6.86. The van der Waals surface area contributed by atoms with E-state index in [1.54, 1.807) is 17.5 Å². The van der Waals surface area contributed by atoms with Crippen molar-refractivity contribution in [1.82, 2.24) is 4.98 Å². The number of aromatic nitrogens is 1. The molecule has 3 aromatic rings. The number of nitrogens with one attached hydrogen (secondary N) is 1. The Morgan fingerprint density at radius 2 is 1.80 bits per heavy atom. The number of halogens is 3. The number of amides is 1. The highest BCUT2D eigenvalue weighted by atomic mass is 32.2. The minimum Gasteiger partial charge on any atom is -0.301 e. The fourth-order valence-corrected chi connectivity index (χ4v) is 3.41. The van der Waals surface area contributed by atoms with Gasteiger partial charge in [0, 0.05) is 21.9 Å². The molecule has 0 fully saturated rings. The van der Waals surface area contributed by atoms with Crippen molar-refractivity contribution in [1.29, 1.82) is 0 Å². The molecule has 0 aliphatic carbocycles. The quantitative estimate of drug-likeness (QED) is 0.636. The number of benzene rings is 2. The summed E-state index contributed by atoms with van der Waals surface area (Å²) >= 11 is 2.41. The topological polar surface area (TPSA) is 42.0 Å². The van der Waals surface area contributed by atoms with Gasteiger partial charge in [-0.25, -0.2) is 18.2 Å². The number of thioether (sulfide) groups is 1. The Bertz CT molecular complexity index is 897. The van der Waals surface area contributed by atoms with Gasteiger partial charge in [0.05, 0.1) is 11.4 Å². The summed E-state index contributed by atoms with van der Waals surface area (Å²) in [6.45, 7) is 0. The van der Waals surface area contributed by atoms with E-state index in [9.17, 15) is 18.0 Å². The van der Waals surface area contributed by atoms with E-state index >= 15 is 0 Å². The summed E-state index contributed by atoms with van der Waals surface area (Å²) in [5.41, 5.74) is 0.489. The molecule has 2 aromatic carbocycles. The van der Waals surface area contributed by atoms with Crippen molar-refractivity contribution in [3.63, 3.8) is 0 Å². The van der Waals surface area contributed by atoms with Crippen LogP contribution < -0.4 is 5.32 Å². The summed E-state index contributed by atoms with van der Waals surface area (Å²) in [4.78, 5) is 16.9. The second-order valence-electron chi connectivity index (χ2n) is 4.95. The minimum absolute atomic E-state index is 0.130. The maximum absolute atomic E-state index is 13.8.